The lowest BCUT2D eigenvalue weighted by molar-refractivity contribution is -0.137. The van der Waals surface area contributed by atoms with Crippen molar-refractivity contribution < 1.29 is 31.9 Å². The molecular weight excluding hydrogens is 363 g/mol. The summed E-state index contributed by atoms with van der Waals surface area (Å²) in [5.41, 5.74) is -1.07. The topological polar surface area (TPSA) is 60.7 Å². The van der Waals surface area contributed by atoms with Gasteiger partial charge in [0.1, 0.15) is 11.5 Å². The SMILES string of the molecule is COc1cccc(Oc2ccc(C(F)(F)F)cc2NC(=O)c2ccco2)c1. The third-order valence-corrected chi connectivity index (χ3v) is 3.57. The van der Waals surface area contributed by atoms with Crippen LogP contribution in [0, 0.1) is 0 Å². The monoisotopic (exact) mass is 377 g/mol. The van der Waals surface area contributed by atoms with E-state index < -0.39 is 17.6 Å². The molecule has 0 unspecified atom stereocenters. The number of carbonyl (C=O) groups excluding carboxylic acids is 1. The van der Waals surface area contributed by atoms with Crippen molar-refractivity contribution in [3.05, 3.63) is 72.2 Å². The summed E-state index contributed by atoms with van der Waals surface area (Å²) in [6, 6.07) is 12.2. The van der Waals surface area contributed by atoms with Gasteiger partial charge in [-0.2, -0.15) is 13.2 Å². The zero-order chi connectivity index (χ0) is 19.4. The minimum atomic E-state index is -4.57. The maximum atomic E-state index is 13.0. The van der Waals surface area contributed by atoms with Gasteiger partial charge in [0.2, 0.25) is 0 Å². The number of rotatable bonds is 5. The van der Waals surface area contributed by atoms with Gasteiger partial charge < -0.3 is 19.2 Å². The zero-order valence-corrected chi connectivity index (χ0v) is 14.0. The number of anilines is 1. The van der Waals surface area contributed by atoms with Gasteiger partial charge in [-0.1, -0.05) is 6.07 Å². The van der Waals surface area contributed by atoms with E-state index in [-0.39, 0.29) is 17.2 Å². The molecular formula is C19H14F3NO4. The molecule has 0 bridgehead atoms. The Labute approximate surface area is 152 Å². The van der Waals surface area contributed by atoms with Crippen LogP contribution in [-0.2, 0) is 6.18 Å². The fraction of sp³-hybridized carbons (Fsp3) is 0.105. The summed E-state index contributed by atoms with van der Waals surface area (Å²) in [5, 5.41) is 2.39. The van der Waals surface area contributed by atoms with Crippen LogP contribution in [0.15, 0.2) is 65.3 Å². The molecule has 8 heteroatoms. The van der Waals surface area contributed by atoms with Crippen LogP contribution in [0.4, 0.5) is 18.9 Å². The van der Waals surface area contributed by atoms with Crippen molar-refractivity contribution in [3.63, 3.8) is 0 Å². The number of methoxy groups -OCH3 is 1. The molecule has 0 spiro atoms. The highest BCUT2D eigenvalue weighted by Crippen LogP contribution is 2.37. The minimum Gasteiger partial charge on any atom is -0.497 e. The minimum absolute atomic E-state index is 0.0381. The Morgan fingerprint density at radius 2 is 1.81 bits per heavy atom. The van der Waals surface area contributed by atoms with Gasteiger partial charge in [-0.15, -0.1) is 0 Å². The molecule has 3 rings (SSSR count). The second kappa shape index (κ2) is 7.45. The number of ether oxygens (including phenoxy) is 2. The smallest absolute Gasteiger partial charge is 0.416 e. The number of furan rings is 1. The van der Waals surface area contributed by atoms with Crippen molar-refractivity contribution in [1.29, 1.82) is 0 Å². The van der Waals surface area contributed by atoms with Crippen LogP contribution in [-0.4, -0.2) is 13.0 Å². The molecule has 1 N–H and O–H groups in total. The number of nitrogens with one attached hydrogen (secondary N) is 1. The first-order chi connectivity index (χ1) is 12.9. The summed E-state index contributed by atoms with van der Waals surface area (Å²) >= 11 is 0. The van der Waals surface area contributed by atoms with Gasteiger partial charge in [-0.25, -0.2) is 0 Å². The number of alkyl halides is 3. The molecule has 0 aliphatic heterocycles. The summed E-state index contributed by atoms with van der Waals surface area (Å²) < 4.78 is 54.8. The van der Waals surface area contributed by atoms with Gasteiger partial charge in [0.05, 0.1) is 24.6 Å². The van der Waals surface area contributed by atoms with Crippen molar-refractivity contribution in [2.75, 3.05) is 12.4 Å². The van der Waals surface area contributed by atoms with Gasteiger partial charge in [-0.3, -0.25) is 4.79 Å². The fourth-order valence-corrected chi connectivity index (χ4v) is 2.28. The number of benzene rings is 2. The van der Waals surface area contributed by atoms with Gasteiger partial charge in [0.25, 0.3) is 5.91 Å². The van der Waals surface area contributed by atoms with Crippen LogP contribution >= 0.6 is 0 Å². The standard InChI is InChI=1S/C19H14F3NO4/c1-25-13-4-2-5-14(11-13)27-16-8-7-12(19(20,21)22)10-15(16)23-18(24)17-6-3-9-26-17/h2-11H,1H3,(H,23,24). The average molecular weight is 377 g/mol. The Kier molecular flexibility index (Phi) is 5.07. The molecule has 27 heavy (non-hydrogen) atoms. The summed E-state index contributed by atoms with van der Waals surface area (Å²) in [5.74, 6) is 0.147. The van der Waals surface area contributed by atoms with E-state index in [1.54, 1.807) is 24.3 Å². The Morgan fingerprint density at radius 1 is 1.04 bits per heavy atom. The molecule has 140 valence electrons. The van der Waals surface area contributed by atoms with Crippen molar-refractivity contribution >= 4 is 11.6 Å². The first-order valence-electron chi connectivity index (χ1n) is 7.75. The predicted molar refractivity (Wildman–Crippen MR) is 91.2 cm³/mol. The third-order valence-electron chi connectivity index (χ3n) is 3.57. The predicted octanol–water partition coefficient (Wildman–Crippen LogP) is 5.35. The van der Waals surface area contributed by atoms with Crippen LogP contribution < -0.4 is 14.8 Å². The lowest BCUT2D eigenvalue weighted by atomic mass is 10.1. The lowest BCUT2D eigenvalue weighted by Crippen LogP contribution is -2.13. The van der Waals surface area contributed by atoms with Crippen LogP contribution in [0.2, 0.25) is 0 Å². The van der Waals surface area contributed by atoms with E-state index in [1.165, 1.54) is 25.5 Å². The molecule has 0 radical (unpaired) electrons. The van der Waals surface area contributed by atoms with Gasteiger partial charge in [-0.05, 0) is 42.5 Å². The number of amides is 1. The molecule has 0 aliphatic carbocycles. The summed E-state index contributed by atoms with van der Waals surface area (Å²) in [4.78, 5) is 12.2. The first-order valence-corrected chi connectivity index (χ1v) is 7.75. The van der Waals surface area contributed by atoms with Crippen molar-refractivity contribution in [1.82, 2.24) is 0 Å². The molecule has 1 aromatic heterocycles. The van der Waals surface area contributed by atoms with Crippen molar-refractivity contribution in [2.45, 2.75) is 6.18 Å². The van der Waals surface area contributed by atoms with Crippen molar-refractivity contribution in [3.8, 4) is 17.2 Å². The molecule has 1 heterocycles. The number of hydrogen-bond donors (Lipinski definition) is 1. The maximum absolute atomic E-state index is 13.0. The quantitative estimate of drug-likeness (QED) is 0.651. The number of halogens is 3. The maximum Gasteiger partial charge on any atom is 0.416 e. The molecule has 3 aromatic rings. The van der Waals surface area contributed by atoms with Gasteiger partial charge in [0, 0.05) is 6.07 Å². The highest BCUT2D eigenvalue weighted by atomic mass is 19.4. The third kappa shape index (κ3) is 4.41. The summed E-state index contributed by atoms with van der Waals surface area (Å²) in [6.07, 6.45) is -3.28. The van der Waals surface area contributed by atoms with E-state index in [0.29, 0.717) is 11.5 Å². The molecule has 2 aromatic carbocycles. The molecule has 0 aliphatic rings. The summed E-state index contributed by atoms with van der Waals surface area (Å²) in [7, 11) is 1.48. The van der Waals surface area contributed by atoms with Gasteiger partial charge in [0.15, 0.2) is 11.5 Å². The first kappa shape index (κ1) is 18.4. The second-order valence-corrected chi connectivity index (χ2v) is 5.42. The largest absolute Gasteiger partial charge is 0.497 e. The highest BCUT2D eigenvalue weighted by Gasteiger charge is 2.31. The van der Waals surface area contributed by atoms with E-state index in [1.807, 2.05) is 0 Å². The van der Waals surface area contributed by atoms with Crippen LogP contribution in [0.5, 0.6) is 17.2 Å². The molecule has 0 saturated heterocycles. The Morgan fingerprint density at radius 3 is 2.48 bits per heavy atom. The molecule has 0 saturated carbocycles. The van der Waals surface area contributed by atoms with E-state index in [2.05, 4.69) is 5.32 Å². The van der Waals surface area contributed by atoms with Crippen LogP contribution in [0.25, 0.3) is 0 Å². The van der Waals surface area contributed by atoms with Gasteiger partial charge >= 0.3 is 6.18 Å². The van der Waals surface area contributed by atoms with Crippen LogP contribution in [0.3, 0.4) is 0 Å². The van der Waals surface area contributed by atoms with Crippen molar-refractivity contribution in [2.24, 2.45) is 0 Å². The Bertz CT molecular complexity index is 936. The van der Waals surface area contributed by atoms with E-state index >= 15 is 0 Å². The molecule has 0 fully saturated rings. The highest BCUT2D eigenvalue weighted by molar-refractivity contribution is 6.03. The Hall–Kier alpha value is -3.42. The van der Waals surface area contributed by atoms with E-state index in [0.717, 1.165) is 18.2 Å². The average Bonchev–Trinajstić information content (AvgIpc) is 3.17. The van der Waals surface area contributed by atoms with E-state index in [9.17, 15) is 18.0 Å². The molecule has 1 amide bonds. The van der Waals surface area contributed by atoms with Crippen LogP contribution in [0.1, 0.15) is 16.1 Å². The number of hydrogen-bond acceptors (Lipinski definition) is 4. The zero-order valence-electron chi connectivity index (χ0n) is 14.0. The lowest BCUT2D eigenvalue weighted by Gasteiger charge is -2.15. The Balaban J connectivity index is 1.95. The summed E-state index contributed by atoms with van der Waals surface area (Å²) in [6.45, 7) is 0. The molecule has 5 nitrogen and oxygen atoms in total. The van der Waals surface area contributed by atoms with E-state index in [4.69, 9.17) is 13.9 Å². The number of carbonyl (C=O) groups is 1. The fourth-order valence-electron chi connectivity index (χ4n) is 2.28. The molecule has 0 atom stereocenters. The second-order valence-electron chi connectivity index (χ2n) is 5.42. The normalized spacial score (nSPS) is 11.1.